The molecule has 0 saturated carbocycles. The maximum Gasteiger partial charge on any atom is 0.196 e. The molecule has 5 heteroatoms. The number of benzene rings is 1. The molecule has 0 aliphatic rings. The minimum Gasteiger partial charge on any atom is -0.375 e. The number of H-pyrrole nitrogens is 1. The lowest BCUT2D eigenvalue weighted by Gasteiger charge is -2.17. The van der Waals surface area contributed by atoms with Crippen LogP contribution in [-0.2, 0) is 0 Å². The van der Waals surface area contributed by atoms with Crippen LogP contribution in [0.5, 0.6) is 0 Å². The van der Waals surface area contributed by atoms with Gasteiger partial charge >= 0.3 is 0 Å². The average molecular weight is 245 g/mol. The molecule has 0 aliphatic heterocycles. The predicted octanol–water partition coefficient (Wildman–Crippen LogP) is 2.79. The quantitative estimate of drug-likeness (QED) is 0.821. The van der Waals surface area contributed by atoms with Crippen molar-refractivity contribution in [2.75, 3.05) is 5.32 Å². The molecule has 2 rings (SSSR count). The summed E-state index contributed by atoms with van der Waals surface area (Å²) < 4.78 is 0. The topological polar surface area (TPSA) is 66.5 Å². The van der Waals surface area contributed by atoms with Gasteiger partial charge in [0, 0.05) is 5.69 Å². The zero-order valence-corrected chi connectivity index (χ0v) is 10.8. The Morgan fingerprint density at radius 1 is 1.17 bits per heavy atom. The number of hydrogen-bond donors (Lipinski definition) is 2. The molecule has 2 N–H and O–H groups in total. The zero-order chi connectivity index (χ0) is 12.8. The lowest BCUT2D eigenvalue weighted by atomic mass is 10.0. The van der Waals surface area contributed by atoms with Crippen molar-refractivity contribution in [3.05, 3.63) is 36.2 Å². The molecule has 1 heterocycles. The van der Waals surface area contributed by atoms with Crippen LogP contribution < -0.4 is 5.32 Å². The highest BCUT2D eigenvalue weighted by molar-refractivity contribution is 5.43. The van der Waals surface area contributed by atoms with Crippen LogP contribution >= 0.6 is 0 Å². The third kappa shape index (κ3) is 3.55. The van der Waals surface area contributed by atoms with Crippen molar-refractivity contribution in [3.63, 3.8) is 0 Å². The second-order valence-electron chi connectivity index (χ2n) is 4.80. The Morgan fingerprint density at radius 3 is 2.56 bits per heavy atom. The van der Waals surface area contributed by atoms with Gasteiger partial charge in [0.15, 0.2) is 5.82 Å². The van der Waals surface area contributed by atoms with Crippen molar-refractivity contribution in [1.29, 1.82) is 0 Å². The molecule has 0 amide bonds. The second-order valence-corrected chi connectivity index (χ2v) is 4.80. The molecular formula is C13H19N5. The zero-order valence-electron chi connectivity index (χ0n) is 10.8. The molecule has 0 aliphatic carbocycles. The maximum atomic E-state index is 4.08. The highest BCUT2D eigenvalue weighted by atomic mass is 15.5. The Labute approximate surface area is 107 Å². The van der Waals surface area contributed by atoms with Crippen molar-refractivity contribution >= 4 is 5.69 Å². The number of nitrogens with zero attached hydrogens (tertiary/aromatic N) is 3. The van der Waals surface area contributed by atoms with Crippen molar-refractivity contribution < 1.29 is 0 Å². The number of nitrogens with one attached hydrogen (secondary N) is 2. The minimum absolute atomic E-state index is 0.105. The van der Waals surface area contributed by atoms with E-state index in [1.165, 1.54) is 0 Å². The molecule has 18 heavy (non-hydrogen) atoms. The third-order valence-electron chi connectivity index (χ3n) is 2.82. The summed E-state index contributed by atoms with van der Waals surface area (Å²) in [7, 11) is 0. The van der Waals surface area contributed by atoms with Gasteiger partial charge in [0.05, 0.1) is 6.04 Å². The molecule has 1 atom stereocenters. The molecule has 0 spiro atoms. The van der Waals surface area contributed by atoms with Gasteiger partial charge in [-0.05, 0) is 30.9 Å². The molecule has 1 aromatic carbocycles. The Bertz CT molecular complexity index is 438. The average Bonchev–Trinajstić information content (AvgIpc) is 2.89. The summed E-state index contributed by atoms with van der Waals surface area (Å²) in [6.07, 6.45) is 2.12. The van der Waals surface area contributed by atoms with Gasteiger partial charge in [0.25, 0.3) is 0 Å². The van der Waals surface area contributed by atoms with E-state index in [-0.39, 0.29) is 6.04 Å². The largest absolute Gasteiger partial charge is 0.375 e. The van der Waals surface area contributed by atoms with Gasteiger partial charge in [-0.1, -0.05) is 37.3 Å². The molecule has 0 saturated heterocycles. The number of aromatic amines is 1. The predicted molar refractivity (Wildman–Crippen MR) is 71.1 cm³/mol. The van der Waals surface area contributed by atoms with Crippen LogP contribution in [0.3, 0.4) is 0 Å². The van der Waals surface area contributed by atoms with Gasteiger partial charge in [-0.15, -0.1) is 10.2 Å². The molecule has 0 bridgehead atoms. The summed E-state index contributed by atoms with van der Waals surface area (Å²) >= 11 is 0. The van der Waals surface area contributed by atoms with E-state index < -0.39 is 0 Å². The van der Waals surface area contributed by atoms with Crippen LogP contribution in [0.1, 0.15) is 38.6 Å². The van der Waals surface area contributed by atoms with Crippen LogP contribution in [0.4, 0.5) is 5.69 Å². The van der Waals surface area contributed by atoms with Gasteiger partial charge in [0.1, 0.15) is 0 Å². The number of hydrogen-bond acceptors (Lipinski definition) is 4. The first kappa shape index (κ1) is 12.5. The lowest BCUT2D eigenvalue weighted by molar-refractivity contribution is 0.511. The summed E-state index contributed by atoms with van der Waals surface area (Å²) in [4.78, 5) is 0. The number of rotatable bonds is 6. The minimum atomic E-state index is 0.105. The van der Waals surface area contributed by atoms with Crippen molar-refractivity contribution in [2.45, 2.75) is 32.7 Å². The van der Waals surface area contributed by atoms with Crippen LogP contribution in [0.25, 0.3) is 0 Å². The van der Waals surface area contributed by atoms with Gasteiger partial charge in [-0.2, -0.15) is 5.21 Å². The Morgan fingerprint density at radius 2 is 1.94 bits per heavy atom. The molecule has 0 fully saturated rings. The van der Waals surface area contributed by atoms with E-state index in [1.807, 2.05) is 30.3 Å². The first-order valence-corrected chi connectivity index (χ1v) is 6.30. The molecule has 1 aromatic heterocycles. The van der Waals surface area contributed by atoms with Crippen LogP contribution in [-0.4, -0.2) is 20.6 Å². The molecule has 96 valence electrons. The van der Waals surface area contributed by atoms with E-state index in [9.17, 15) is 0 Å². The summed E-state index contributed by atoms with van der Waals surface area (Å²) in [5.74, 6) is 1.39. The number of tetrazole rings is 1. The SMILES string of the molecule is CC(C)CCC(Nc1ccccc1)c1nn[nH]n1. The number of aromatic nitrogens is 4. The van der Waals surface area contributed by atoms with Gasteiger partial charge < -0.3 is 5.32 Å². The van der Waals surface area contributed by atoms with E-state index in [0.29, 0.717) is 5.92 Å². The van der Waals surface area contributed by atoms with Crippen molar-refractivity contribution in [1.82, 2.24) is 20.6 Å². The highest BCUT2D eigenvalue weighted by Crippen LogP contribution is 2.22. The summed E-state index contributed by atoms with van der Waals surface area (Å²) in [5, 5.41) is 17.8. The van der Waals surface area contributed by atoms with Gasteiger partial charge in [-0.25, -0.2) is 0 Å². The first-order valence-electron chi connectivity index (χ1n) is 6.30. The smallest absolute Gasteiger partial charge is 0.196 e. The van der Waals surface area contributed by atoms with Crippen LogP contribution in [0, 0.1) is 5.92 Å². The first-order chi connectivity index (χ1) is 8.75. The van der Waals surface area contributed by atoms with Crippen molar-refractivity contribution in [2.24, 2.45) is 5.92 Å². The van der Waals surface area contributed by atoms with Gasteiger partial charge in [0.2, 0.25) is 0 Å². The summed E-state index contributed by atoms with van der Waals surface area (Å²) in [5.41, 5.74) is 1.08. The molecule has 1 unspecified atom stereocenters. The van der Waals surface area contributed by atoms with E-state index in [0.717, 1.165) is 24.4 Å². The van der Waals surface area contributed by atoms with Gasteiger partial charge in [-0.3, -0.25) is 0 Å². The van der Waals surface area contributed by atoms with Crippen molar-refractivity contribution in [3.8, 4) is 0 Å². The fourth-order valence-corrected chi connectivity index (χ4v) is 1.82. The molecule has 2 aromatic rings. The number of para-hydroxylation sites is 1. The summed E-state index contributed by atoms with van der Waals surface area (Å²) in [6, 6.07) is 10.2. The monoisotopic (exact) mass is 245 g/mol. The Kier molecular flexibility index (Phi) is 4.28. The Hall–Kier alpha value is -1.91. The molecule has 0 radical (unpaired) electrons. The standard InChI is InChI=1S/C13H19N5/c1-10(2)8-9-12(13-15-17-18-16-13)14-11-6-4-3-5-7-11/h3-7,10,12,14H,8-9H2,1-2H3,(H,15,16,17,18). The second kappa shape index (κ2) is 6.14. The molecular weight excluding hydrogens is 226 g/mol. The highest BCUT2D eigenvalue weighted by Gasteiger charge is 2.16. The van der Waals surface area contributed by atoms with E-state index in [2.05, 4.69) is 39.8 Å². The molecule has 5 nitrogen and oxygen atoms in total. The van der Waals surface area contributed by atoms with Crippen LogP contribution in [0.15, 0.2) is 30.3 Å². The van der Waals surface area contributed by atoms with Crippen LogP contribution in [0.2, 0.25) is 0 Å². The Balaban J connectivity index is 2.05. The summed E-state index contributed by atoms with van der Waals surface area (Å²) in [6.45, 7) is 4.44. The van der Waals surface area contributed by atoms with E-state index in [4.69, 9.17) is 0 Å². The lowest BCUT2D eigenvalue weighted by Crippen LogP contribution is -2.13. The fourth-order valence-electron chi connectivity index (χ4n) is 1.82. The fraction of sp³-hybridized carbons (Fsp3) is 0.462. The van der Waals surface area contributed by atoms with E-state index in [1.54, 1.807) is 0 Å². The maximum absolute atomic E-state index is 4.08. The van der Waals surface area contributed by atoms with E-state index >= 15 is 0 Å². The normalized spacial score (nSPS) is 12.6. The third-order valence-corrected chi connectivity index (χ3v) is 2.82. The number of anilines is 1.